The lowest BCUT2D eigenvalue weighted by Gasteiger charge is -2.25. The first-order valence-electron chi connectivity index (χ1n) is 5.65. The Morgan fingerprint density at radius 3 is 3.00 bits per heavy atom. The van der Waals surface area contributed by atoms with E-state index in [2.05, 4.69) is 6.58 Å². The lowest BCUT2D eigenvalue weighted by molar-refractivity contribution is -0.151. The molecule has 5 unspecified atom stereocenters. The number of esters is 1. The number of rotatable bonds is 2. The number of hydrogen-bond acceptors (Lipinski definition) is 4. The average Bonchev–Trinajstić information content (AvgIpc) is 2.81. The third kappa shape index (κ3) is 1.25. The van der Waals surface area contributed by atoms with E-state index in [4.69, 9.17) is 21.7 Å². The van der Waals surface area contributed by atoms with Gasteiger partial charge in [-0.05, 0) is 32.0 Å². The summed E-state index contributed by atoms with van der Waals surface area (Å²) in [4.78, 5) is 11.5. The molecule has 5 atom stereocenters. The van der Waals surface area contributed by atoms with Crippen LogP contribution >= 0.6 is 12.2 Å². The van der Waals surface area contributed by atoms with Crippen molar-refractivity contribution in [1.82, 2.24) is 0 Å². The van der Waals surface area contributed by atoms with Gasteiger partial charge in [0.1, 0.15) is 12.2 Å². The largest absolute Gasteiger partial charge is 0.479 e. The Balaban J connectivity index is 1.77. The second kappa shape index (κ2) is 3.29. The van der Waals surface area contributed by atoms with Gasteiger partial charge in [0.15, 0.2) is 5.05 Å². The van der Waals surface area contributed by atoms with Gasteiger partial charge < -0.3 is 9.47 Å². The van der Waals surface area contributed by atoms with Gasteiger partial charge in [-0.1, -0.05) is 6.58 Å². The molecule has 1 aliphatic heterocycles. The molecule has 1 saturated heterocycles. The molecule has 0 aromatic heterocycles. The standard InChI is InChI=1S/C12H14O3S/c1-5(2)11(13)14-9-6-3-7-8(4-6)12(16)15-10(7)9/h6-10H,1,3-4H2,2H3. The van der Waals surface area contributed by atoms with Crippen LogP contribution in [0.5, 0.6) is 0 Å². The summed E-state index contributed by atoms with van der Waals surface area (Å²) in [5, 5.41) is 0.728. The normalized spacial score (nSPS) is 43.3. The summed E-state index contributed by atoms with van der Waals surface area (Å²) in [6, 6.07) is 0. The first-order chi connectivity index (χ1) is 7.58. The van der Waals surface area contributed by atoms with Crippen molar-refractivity contribution in [1.29, 1.82) is 0 Å². The summed E-state index contributed by atoms with van der Waals surface area (Å²) in [7, 11) is 0. The van der Waals surface area contributed by atoms with Crippen LogP contribution in [0.2, 0.25) is 0 Å². The van der Waals surface area contributed by atoms with Gasteiger partial charge in [-0.2, -0.15) is 0 Å². The molecule has 4 heteroatoms. The molecule has 2 saturated carbocycles. The number of carbonyl (C=O) groups excluding carboxylic acids is 1. The van der Waals surface area contributed by atoms with Crippen LogP contribution in [0.3, 0.4) is 0 Å². The number of carbonyl (C=O) groups is 1. The number of hydrogen-bond donors (Lipinski definition) is 0. The fourth-order valence-electron chi connectivity index (χ4n) is 3.29. The molecule has 86 valence electrons. The topological polar surface area (TPSA) is 35.5 Å². The predicted octanol–water partition coefficient (Wildman–Crippen LogP) is 1.86. The van der Waals surface area contributed by atoms with Gasteiger partial charge in [0, 0.05) is 23.3 Å². The highest BCUT2D eigenvalue weighted by atomic mass is 32.1. The Labute approximate surface area is 99.8 Å². The lowest BCUT2D eigenvalue weighted by atomic mass is 9.88. The second-order valence-electron chi connectivity index (χ2n) is 5.05. The second-order valence-corrected chi connectivity index (χ2v) is 5.46. The van der Waals surface area contributed by atoms with Crippen LogP contribution in [0.4, 0.5) is 0 Å². The van der Waals surface area contributed by atoms with Gasteiger partial charge in [0.2, 0.25) is 0 Å². The molecule has 3 nitrogen and oxygen atoms in total. The molecular formula is C12H14O3S. The summed E-state index contributed by atoms with van der Waals surface area (Å²) in [5.41, 5.74) is 0.444. The zero-order valence-electron chi connectivity index (χ0n) is 9.14. The summed E-state index contributed by atoms with van der Waals surface area (Å²) in [6.45, 7) is 5.26. The highest BCUT2D eigenvalue weighted by molar-refractivity contribution is 7.80. The molecule has 0 spiro atoms. The van der Waals surface area contributed by atoms with E-state index in [9.17, 15) is 4.79 Å². The zero-order chi connectivity index (χ0) is 11.4. The van der Waals surface area contributed by atoms with Gasteiger partial charge in [-0.15, -0.1) is 0 Å². The van der Waals surface area contributed by atoms with Crippen molar-refractivity contribution in [3.63, 3.8) is 0 Å². The Morgan fingerprint density at radius 2 is 2.31 bits per heavy atom. The van der Waals surface area contributed by atoms with Crippen LogP contribution < -0.4 is 0 Å². The van der Waals surface area contributed by atoms with Crippen LogP contribution in [-0.2, 0) is 14.3 Å². The molecule has 0 N–H and O–H groups in total. The summed E-state index contributed by atoms with van der Waals surface area (Å²) in [5.74, 6) is 1.05. The minimum atomic E-state index is -0.310. The monoisotopic (exact) mass is 238 g/mol. The third-order valence-corrected chi connectivity index (χ3v) is 4.40. The molecule has 2 bridgehead atoms. The molecule has 3 rings (SSSR count). The van der Waals surface area contributed by atoms with Gasteiger partial charge in [-0.3, -0.25) is 0 Å². The highest BCUT2D eigenvalue weighted by Gasteiger charge is 2.61. The van der Waals surface area contributed by atoms with Gasteiger partial charge >= 0.3 is 5.97 Å². The van der Waals surface area contributed by atoms with E-state index in [0.29, 0.717) is 23.3 Å². The maximum atomic E-state index is 11.5. The number of fused-ring (bicyclic) bond motifs is 1. The van der Waals surface area contributed by atoms with Crippen molar-refractivity contribution in [3.05, 3.63) is 12.2 Å². The molecule has 3 fully saturated rings. The molecular weight excluding hydrogens is 224 g/mol. The minimum absolute atomic E-state index is 0.0135. The van der Waals surface area contributed by atoms with Crippen LogP contribution in [0, 0.1) is 17.8 Å². The van der Waals surface area contributed by atoms with E-state index in [1.54, 1.807) is 6.92 Å². The Kier molecular flexibility index (Phi) is 2.11. The van der Waals surface area contributed by atoms with Crippen LogP contribution in [0.1, 0.15) is 19.8 Å². The third-order valence-electron chi connectivity index (χ3n) is 4.01. The van der Waals surface area contributed by atoms with Crippen molar-refractivity contribution < 1.29 is 14.3 Å². The average molecular weight is 238 g/mol. The zero-order valence-corrected chi connectivity index (χ0v) is 9.96. The van der Waals surface area contributed by atoms with E-state index < -0.39 is 0 Å². The molecule has 0 aromatic carbocycles. The molecule has 0 aromatic rings. The van der Waals surface area contributed by atoms with Crippen molar-refractivity contribution in [2.24, 2.45) is 17.8 Å². The smallest absolute Gasteiger partial charge is 0.333 e. The van der Waals surface area contributed by atoms with E-state index >= 15 is 0 Å². The molecule has 16 heavy (non-hydrogen) atoms. The summed E-state index contributed by atoms with van der Waals surface area (Å²) in [6.07, 6.45) is 2.02. The van der Waals surface area contributed by atoms with Crippen molar-refractivity contribution >= 4 is 23.2 Å². The van der Waals surface area contributed by atoms with Gasteiger partial charge in [-0.25, -0.2) is 4.79 Å². The number of ether oxygens (including phenoxy) is 2. The maximum absolute atomic E-state index is 11.5. The van der Waals surface area contributed by atoms with E-state index in [-0.39, 0.29) is 18.2 Å². The Hall–Kier alpha value is -0.900. The SMILES string of the molecule is C=C(C)C(=O)OC1C2CC3C(=S)OC1C3C2. The molecule has 2 aliphatic carbocycles. The van der Waals surface area contributed by atoms with Gasteiger partial charge in [0.05, 0.1) is 0 Å². The van der Waals surface area contributed by atoms with Crippen LogP contribution in [0.25, 0.3) is 0 Å². The quantitative estimate of drug-likeness (QED) is 0.418. The summed E-state index contributed by atoms with van der Waals surface area (Å²) >= 11 is 5.20. The van der Waals surface area contributed by atoms with E-state index in [1.807, 2.05) is 0 Å². The summed E-state index contributed by atoms with van der Waals surface area (Å²) < 4.78 is 11.1. The van der Waals surface area contributed by atoms with Crippen LogP contribution in [0.15, 0.2) is 12.2 Å². The molecule has 0 amide bonds. The van der Waals surface area contributed by atoms with E-state index in [0.717, 1.165) is 17.9 Å². The molecule has 3 aliphatic rings. The minimum Gasteiger partial charge on any atom is -0.479 e. The molecule has 0 radical (unpaired) electrons. The maximum Gasteiger partial charge on any atom is 0.333 e. The van der Waals surface area contributed by atoms with Gasteiger partial charge in [0.25, 0.3) is 0 Å². The highest BCUT2D eigenvalue weighted by Crippen LogP contribution is 2.55. The molecule has 1 heterocycles. The Morgan fingerprint density at radius 1 is 1.56 bits per heavy atom. The van der Waals surface area contributed by atoms with E-state index in [1.165, 1.54) is 0 Å². The van der Waals surface area contributed by atoms with Crippen molar-refractivity contribution in [3.8, 4) is 0 Å². The Bertz CT molecular complexity index is 390. The van der Waals surface area contributed by atoms with Crippen molar-refractivity contribution in [2.75, 3.05) is 0 Å². The van der Waals surface area contributed by atoms with Crippen LogP contribution in [-0.4, -0.2) is 23.2 Å². The predicted molar refractivity (Wildman–Crippen MR) is 61.9 cm³/mol. The fraction of sp³-hybridized carbons (Fsp3) is 0.667. The number of thiocarbonyl (C=S) groups is 1. The lowest BCUT2D eigenvalue weighted by Crippen LogP contribution is -2.36. The fourth-order valence-corrected chi connectivity index (χ4v) is 3.67. The first kappa shape index (κ1) is 10.3. The first-order valence-corrected chi connectivity index (χ1v) is 6.05. The van der Waals surface area contributed by atoms with Crippen molar-refractivity contribution in [2.45, 2.75) is 32.0 Å².